The first kappa shape index (κ1) is 11.3. The molecule has 0 atom stereocenters. The van der Waals surface area contributed by atoms with Crippen molar-refractivity contribution in [1.29, 1.82) is 0 Å². The zero-order valence-electron chi connectivity index (χ0n) is 9.81. The molecule has 0 saturated heterocycles. The van der Waals surface area contributed by atoms with Crippen LogP contribution in [0.3, 0.4) is 0 Å². The molecule has 0 aliphatic heterocycles. The van der Waals surface area contributed by atoms with Gasteiger partial charge in [0.2, 0.25) is 5.78 Å². The molecule has 2 rings (SSSR count). The largest absolute Gasteiger partial charge is 0.347 e. The van der Waals surface area contributed by atoms with Crippen LogP contribution in [0.1, 0.15) is 32.0 Å². The van der Waals surface area contributed by atoms with Gasteiger partial charge in [0, 0.05) is 24.4 Å². The molecule has 0 fully saturated rings. The van der Waals surface area contributed by atoms with Crippen LogP contribution in [-0.4, -0.2) is 16.6 Å². The highest BCUT2D eigenvalue weighted by molar-refractivity contribution is 6.08. The average molecular weight is 227 g/mol. The Morgan fingerprint density at radius 2 is 1.88 bits per heavy atom. The Balaban J connectivity index is 2.39. The van der Waals surface area contributed by atoms with Gasteiger partial charge in [0.1, 0.15) is 0 Å². The maximum Gasteiger partial charge on any atom is 0.209 e. The van der Waals surface area contributed by atoms with Gasteiger partial charge in [-0.3, -0.25) is 9.59 Å². The van der Waals surface area contributed by atoms with E-state index < -0.39 is 0 Å². The molecule has 2 aromatic rings. The van der Waals surface area contributed by atoms with Crippen LogP contribution in [0.15, 0.2) is 36.5 Å². The fourth-order valence-electron chi connectivity index (χ4n) is 1.73. The van der Waals surface area contributed by atoms with E-state index in [4.69, 9.17) is 0 Å². The van der Waals surface area contributed by atoms with Gasteiger partial charge in [-0.25, -0.2) is 0 Å². The maximum absolute atomic E-state index is 12.2. The third-order valence-electron chi connectivity index (χ3n) is 2.71. The lowest BCUT2D eigenvalue weighted by Crippen LogP contribution is -2.06. The van der Waals surface area contributed by atoms with Crippen LogP contribution in [0.25, 0.3) is 0 Å². The summed E-state index contributed by atoms with van der Waals surface area (Å²) in [7, 11) is 1.76. The number of carbonyl (C=O) groups is 2. The summed E-state index contributed by atoms with van der Waals surface area (Å²) in [5, 5.41) is 0. The van der Waals surface area contributed by atoms with Gasteiger partial charge in [-0.1, -0.05) is 29.8 Å². The lowest BCUT2D eigenvalue weighted by molar-refractivity contribution is 0.103. The quantitative estimate of drug-likeness (QED) is 0.596. The van der Waals surface area contributed by atoms with E-state index in [0.29, 0.717) is 16.8 Å². The summed E-state index contributed by atoms with van der Waals surface area (Å²) in [6.07, 6.45) is 2.39. The number of rotatable bonds is 3. The Kier molecular flexibility index (Phi) is 2.91. The molecule has 0 unspecified atom stereocenters. The van der Waals surface area contributed by atoms with E-state index in [1.54, 1.807) is 36.0 Å². The monoisotopic (exact) mass is 227 g/mol. The molecular weight excluding hydrogens is 214 g/mol. The van der Waals surface area contributed by atoms with Gasteiger partial charge in [-0.15, -0.1) is 0 Å². The molecular formula is C14H13NO2. The molecule has 0 saturated carbocycles. The van der Waals surface area contributed by atoms with E-state index >= 15 is 0 Å². The Hall–Kier alpha value is -2.16. The molecule has 0 N–H and O–H groups in total. The Morgan fingerprint density at radius 3 is 2.41 bits per heavy atom. The van der Waals surface area contributed by atoms with Crippen LogP contribution in [0.2, 0.25) is 0 Å². The van der Waals surface area contributed by atoms with E-state index in [1.165, 1.54) is 0 Å². The first-order valence-corrected chi connectivity index (χ1v) is 5.34. The summed E-state index contributed by atoms with van der Waals surface area (Å²) in [6, 6.07) is 9.00. The van der Waals surface area contributed by atoms with Crippen LogP contribution in [0.5, 0.6) is 0 Å². The predicted octanol–water partition coefficient (Wildman–Crippen LogP) is 2.38. The van der Waals surface area contributed by atoms with Crippen molar-refractivity contribution in [3.05, 3.63) is 58.9 Å². The first-order valence-electron chi connectivity index (χ1n) is 5.34. The van der Waals surface area contributed by atoms with Gasteiger partial charge in [0.25, 0.3) is 0 Å². The van der Waals surface area contributed by atoms with Crippen LogP contribution >= 0.6 is 0 Å². The lowest BCUT2D eigenvalue weighted by atomic mass is 10.1. The first-order chi connectivity index (χ1) is 8.11. The van der Waals surface area contributed by atoms with Gasteiger partial charge in [-0.2, -0.15) is 0 Å². The molecule has 3 heteroatoms. The SMILES string of the molecule is Cc1ccc(C(=O)c2cc(C=O)cn2C)cc1. The summed E-state index contributed by atoms with van der Waals surface area (Å²) in [5.74, 6) is -0.0689. The number of hydrogen-bond donors (Lipinski definition) is 0. The van der Waals surface area contributed by atoms with Crippen molar-refractivity contribution in [3.63, 3.8) is 0 Å². The van der Waals surface area contributed by atoms with E-state index in [2.05, 4.69) is 0 Å². The number of hydrogen-bond acceptors (Lipinski definition) is 2. The third kappa shape index (κ3) is 2.18. The standard InChI is InChI=1S/C14H13NO2/c1-10-3-5-12(6-4-10)14(17)13-7-11(9-16)8-15(13)2/h3-9H,1-2H3. The summed E-state index contributed by atoms with van der Waals surface area (Å²) in [5.41, 5.74) is 2.79. The number of nitrogens with zero attached hydrogens (tertiary/aromatic N) is 1. The molecule has 1 heterocycles. The summed E-state index contributed by atoms with van der Waals surface area (Å²) in [6.45, 7) is 1.97. The smallest absolute Gasteiger partial charge is 0.209 e. The minimum absolute atomic E-state index is 0.0689. The van der Waals surface area contributed by atoms with Crippen LogP contribution in [-0.2, 0) is 7.05 Å². The molecule has 0 spiro atoms. The highest BCUT2D eigenvalue weighted by atomic mass is 16.1. The Bertz CT molecular complexity index is 564. The molecule has 0 radical (unpaired) electrons. The van der Waals surface area contributed by atoms with Crippen molar-refractivity contribution < 1.29 is 9.59 Å². The second kappa shape index (κ2) is 4.37. The maximum atomic E-state index is 12.2. The number of aryl methyl sites for hydroxylation is 2. The van der Waals surface area contributed by atoms with Gasteiger partial charge >= 0.3 is 0 Å². The van der Waals surface area contributed by atoms with Crippen molar-refractivity contribution in [1.82, 2.24) is 4.57 Å². The highest BCUT2D eigenvalue weighted by Gasteiger charge is 2.13. The predicted molar refractivity (Wildman–Crippen MR) is 65.4 cm³/mol. The number of aromatic nitrogens is 1. The van der Waals surface area contributed by atoms with Gasteiger partial charge < -0.3 is 4.57 Å². The molecule has 1 aromatic carbocycles. The number of carbonyl (C=O) groups excluding carboxylic acids is 2. The van der Waals surface area contributed by atoms with E-state index in [1.807, 2.05) is 19.1 Å². The van der Waals surface area contributed by atoms with Crippen LogP contribution < -0.4 is 0 Å². The molecule has 0 aliphatic rings. The van der Waals surface area contributed by atoms with Crippen molar-refractivity contribution >= 4 is 12.1 Å². The second-order valence-corrected chi connectivity index (χ2v) is 4.08. The van der Waals surface area contributed by atoms with Gasteiger partial charge in [-0.05, 0) is 13.0 Å². The van der Waals surface area contributed by atoms with E-state index in [9.17, 15) is 9.59 Å². The molecule has 0 aliphatic carbocycles. The molecule has 86 valence electrons. The lowest BCUT2D eigenvalue weighted by Gasteiger charge is -2.02. The minimum atomic E-state index is -0.0689. The van der Waals surface area contributed by atoms with Crippen molar-refractivity contribution in [3.8, 4) is 0 Å². The third-order valence-corrected chi connectivity index (χ3v) is 2.71. The molecule has 0 bridgehead atoms. The zero-order valence-corrected chi connectivity index (χ0v) is 9.81. The fourth-order valence-corrected chi connectivity index (χ4v) is 1.73. The van der Waals surface area contributed by atoms with E-state index in [-0.39, 0.29) is 5.78 Å². The number of aldehydes is 1. The Labute approximate surface area is 99.7 Å². The van der Waals surface area contributed by atoms with Crippen LogP contribution in [0.4, 0.5) is 0 Å². The van der Waals surface area contributed by atoms with Gasteiger partial charge in [0.15, 0.2) is 6.29 Å². The van der Waals surface area contributed by atoms with Gasteiger partial charge in [0.05, 0.1) is 5.69 Å². The molecule has 17 heavy (non-hydrogen) atoms. The topological polar surface area (TPSA) is 39.1 Å². The second-order valence-electron chi connectivity index (χ2n) is 4.08. The number of benzene rings is 1. The number of ketones is 1. The van der Waals surface area contributed by atoms with Crippen LogP contribution in [0, 0.1) is 6.92 Å². The van der Waals surface area contributed by atoms with E-state index in [0.717, 1.165) is 11.8 Å². The van der Waals surface area contributed by atoms with Crippen molar-refractivity contribution in [2.45, 2.75) is 6.92 Å². The fraction of sp³-hybridized carbons (Fsp3) is 0.143. The molecule has 1 aromatic heterocycles. The minimum Gasteiger partial charge on any atom is -0.347 e. The Morgan fingerprint density at radius 1 is 1.24 bits per heavy atom. The highest BCUT2D eigenvalue weighted by Crippen LogP contribution is 2.13. The van der Waals surface area contributed by atoms with Crippen molar-refractivity contribution in [2.75, 3.05) is 0 Å². The zero-order chi connectivity index (χ0) is 12.4. The molecule has 0 amide bonds. The summed E-state index contributed by atoms with van der Waals surface area (Å²) >= 11 is 0. The summed E-state index contributed by atoms with van der Waals surface area (Å²) < 4.78 is 1.67. The molecule has 3 nitrogen and oxygen atoms in total. The normalized spacial score (nSPS) is 10.2. The van der Waals surface area contributed by atoms with Crippen molar-refractivity contribution in [2.24, 2.45) is 7.05 Å². The average Bonchev–Trinajstić information content (AvgIpc) is 2.71. The summed E-state index contributed by atoms with van der Waals surface area (Å²) in [4.78, 5) is 22.8.